The van der Waals surface area contributed by atoms with E-state index in [0.29, 0.717) is 25.2 Å². The molecule has 0 unspecified atom stereocenters. The Hall–Kier alpha value is -1.11. The molecule has 1 atom stereocenters. The molecule has 2 fully saturated rings. The van der Waals surface area contributed by atoms with E-state index >= 15 is 0 Å². The number of benzene rings is 1. The Kier molecular flexibility index (Phi) is 5.18. The minimum atomic E-state index is -4.31. The number of rotatable bonds is 4. The van der Waals surface area contributed by atoms with Crippen LogP contribution < -0.4 is 0 Å². The van der Waals surface area contributed by atoms with Crippen LogP contribution >= 0.6 is 0 Å². The number of piperidine rings is 1. The van der Waals surface area contributed by atoms with Crippen LogP contribution in [0.1, 0.15) is 36.8 Å². The maximum Gasteiger partial charge on any atom is 0.416 e. The van der Waals surface area contributed by atoms with Crippen LogP contribution in [0.5, 0.6) is 0 Å². The zero-order valence-corrected chi connectivity index (χ0v) is 13.9. The van der Waals surface area contributed by atoms with Gasteiger partial charge in [0, 0.05) is 19.6 Å². The van der Waals surface area contributed by atoms with E-state index in [4.69, 9.17) is 0 Å². The third-order valence-corrected chi connectivity index (χ3v) is 5.01. The second-order valence-electron chi connectivity index (χ2n) is 7.22. The number of hydrogen-bond acceptors (Lipinski definition) is 3. The number of aliphatic hydroxyl groups is 1. The van der Waals surface area contributed by atoms with Gasteiger partial charge < -0.3 is 10.0 Å². The summed E-state index contributed by atoms with van der Waals surface area (Å²) in [6, 6.07) is 5.50. The molecule has 24 heavy (non-hydrogen) atoms. The molecule has 3 nitrogen and oxygen atoms in total. The Morgan fingerprint density at radius 1 is 1.04 bits per heavy atom. The fourth-order valence-electron chi connectivity index (χ4n) is 3.93. The Morgan fingerprint density at radius 3 is 2.46 bits per heavy atom. The van der Waals surface area contributed by atoms with E-state index in [1.807, 2.05) is 0 Å². The van der Waals surface area contributed by atoms with Gasteiger partial charge in [0.2, 0.25) is 0 Å². The smallest absolute Gasteiger partial charge is 0.387 e. The predicted molar refractivity (Wildman–Crippen MR) is 86.6 cm³/mol. The Labute approximate surface area is 141 Å². The van der Waals surface area contributed by atoms with Crippen LogP contribution in [0.2, 0.25) is 0 Å². The van der Waals surface area contributed by atoms with Crippen LogP contribution in [0.25, 0.3) is 0 Å². The molecule has 0 bridgehead atoms. The standard InChI is InChI=1S/C18H25F3N2O/c19-18(20,21)16-6-3-5-15(11-16)12-23-10-4-7-17(24,14-23)13-22-8-1-2-9-22/h3,5-6,11,24H,1-2,4,7-10,12-14H2/t17-/m1/s1. The highest BCUT2D eigenvalue weighted by Crippen LogP contribution is 2.30. The van der Waals surface area contributed by atoms with E-state index in [0.717, 1.165) is 38.5 Å². The first kappa shape index (κ1) is 17.7. The van der Waals surface area contributed by atoms with Gasteiger partial charge >= 0.3 is 6.18 Å². The van der Waals surface area contributed by atoms with Crippen LogP contribution in [0.15, 0.2) is 24.3 Å². The number of β-amino-alcohol motifs (C(OH)–C–C–N with tert-alkyl or cyclic N) is 1. The van der Waals surface area contributed by atoms with Crippen molar-refractivity contribution < 1.29 is 18.3 Å². The van der Waals surface area contributed by atoms with Crippen molar-refractivity contribution in [2.45, 2.75) is 44.0 Å². The van der Waals surface area contributed by atoms with Gasteiger partial charge in [-0.3, -0.25) is 4.90 Å². The molecule has 0 aliphatic carbocycles. The van der Waals surface area contributed by atoms with Crippen LogP contribution in [0.4, 0.5) is 13.2 Å². The minimum Gasteiger partial charge on any atom is -0.387 e. The second kappa shape index (κ2) is 7.02. The highest BCUT2D eigenvalue weighted by atomic mass is 19.4. The SMILES string of the molecule is O[C@@]1(CN2CCCC2)CCCN(Cc2cccc(C(F)(F)F)c2)C1. The van der Waals surface area contributed by atoms with Gasteiger partial charge in [-0.1, -0.05) is 18.2 Å². The van der Waals surface area contributed by atoms with Gasteiger partial charge in [-0.05, 0) is 56.9 Å². The highest BCUT2D eigenvalue weighted by Gasteiger charge is 2.36. The zero-order valence-electron chi connectivity index (χ0n) is 13.9. The van der Waals surface area contributed by atoms with Gasteiger partial charge in [0.1, 0.15) is 0 Å². The molecule has 0 saturated carbocycles. The molecular weight excluding hydrogens is 317 g/mol. The molecule has 2 aliphatic rings. The summed E-state index contributed by atoms with van der Waals surface area (Å²) < 4.78 is 38.5. The maximum absolute atomic E-state index is 12.8. The molecule has 1 N–H and O–H groups in total. The van der Waals surface area contributed by atoms with Crippen molar-refractivity contribution >= 4 is 0 Å². The van der Waals surface area contributed by atoms with Crippen molar-refractivity contribution in [3.05, 3.63) is 35.4 Å². The summed E-state index contributed by atoms with van der Waals surface area (Å²) in [5.74, 6) is 0. The van der Waals surface area contributed by atoms with Crippen molar-refractivity contribution in [1.29, 1.82) is 0 Å². The second-order valence-corrected chi connectivity index (χ2v) is 7.22. The number of nitrogens with zero attached hydrogens (tertiary/aromatic N) is 2. The lowest BCUT2D eigenvalue weighted by atomic mass is 9.92. The first-order valence-electron chi connectivity index (χ1n) is 8.67. The third-order valence-electron chi connectivity index (χ3n) is 5.01. The molecule has 3 rings (SSSR count). The molecular formula is C18H25F3N2O. The lowest BCUT2D eigenvalue weighted by molar-refractivity contribution is -0.137. The predicted octanol–water partition coefficient (Wildman–Crippen LogP) is 3.13. The largest absolute Gasteiger partial charge is 0.416 e. The van der Waals surface area contributed by atoms with Crippen LogP contribution in [-0.2, 0) is 12.7 Å². The molecule has 0 spiro atoms. The van der Waals surface area contributed by atoms with Gasteiger partial charge in [0.25, 0.3) is 0 Å². The molecule has 2 saturated heterocycles. The molecule has 1 aromatic rings. The van der Waals surface area contributed by atoms with Gasteiger partial charge in [0.05, 0.1) is 11.2 Å². The van der Waals surface area contributed by atoms with Crippen molar-refractivity contribution in [3.63, 3.8) is 0 Å². The summed E-state index contributed by atoms with van der Waals surface area (Å²) in [6.45, 7) is 4.54. The number of likely N-dealkylation sites (tertiary alicyclic amines) is 2. The summed E-state index contributed by atoms with van der Waals surface area (Å²) in [6.07, 6.45) is -0.297. The van der Waals surface area contributed by atoms with Crippen LogP contribution in [0, 0.1) is 0 Å². The van der Waals surface area contributed by atoms with Crippen molar-refractivity contribution in [1.82, 2.24) is 9.80 Å². The van der Waals surface area contributed by atoms with Gasteiger partial charge in [0.15, 0.2) is 0 Å². The lowest BCUT2D eigenvalue weighted by Gasteiger charge is -2.41. The first-order chi connectivity index (χ1) is 11.3. The van der Waals surface area contributed by atoms with E-state index in [9.17, 15) is 18.3 Å². The van der Waals surface area contributed by atoms with Crippen molar-refractivity contribution in [3.8, 4) is 0 Å². The molecule has 2 heterocycles. The van der Waals surface area contributed by atoms with E-state index in [2.05, 4.69) is 9.80 Å². The highest BCUT2D eigenvalue weighted by molar-refractivity contribution is 5.25. The normalized spacial score (nSPS) is 26.8. The minimum absolute atomic E-state index is 0.451. The van der Waals surface area contributed by atoms with Crippen molar-refractivity contribution in [2.75, 3.05) is 32.7 Å². The number of alkyl halides is 3. The van der Waals surface area contributed by atoms with Crippen molar-refractivity contribution in [2.24, 2.45) is 0 Å². The summed E-state index contributed by atoms with van der Waals surface area (Å²) in [5.41, 5.74) is -0.705. The fourth-order valence-corrected chi connectivity index (χ4v) is 3.93. The summed E-state index contributed by atoms with van der Waals surface area (Å²) in [5, 5.41) is 10.9. The van der Waals surface area contributed by atoms with Gasteiger partial charge in [-0.15, -0.1) is 0 Å². The van der Waals surface area contributed by atoms with E-state index in [1.165, 1.54) is 25.0 Å². The number of hydrogen-bond donors (Lipinski definition) is 1. The lowest BCUT2D eigenvalue weighted by Crippen LogP contribution is -2.53. The van der Waals surface area contributed by atoms with Crippen LogP contribution in [-0.4, -0.2) is 53.2 Å². The first-order valence-corrected chi connectivity index (χ1v) is 8.67. The zero-order chi connectivity index (χ0) is 17.2. The third kappa shape index (κ3) is 4.49. The molecule has 0 radical (unpaired) electrons. The Bertz CT molecular complexity index is 557. The summed E-state index contributed by atoms with van der Waals surface area (Å²) in [4.78, 5) is 4.38. The molecule has 6 heteroatoms. The molecule has 0 aromatic heterocycles. The average Bonchev–Trinajstić information content (AvgIpc) is 2.99. The fraction of sp³-hybridized carbons (Fsp3) is 0.667. The van der Waals surface area contributed by atoms with E-state index < -0.39 is 17.3 Å². The van der Waals surface area contributed by atoms with Crippen LogP contribution in [0.3, 0.4) is 0 Å². The molecule has 134 valence electrons. The molecule has 1 aromatic carbocycles. The molecule has 2 aliphatic heterocycles. The molecule has 0 amide bonds. The average molecular weight is 342 g/mol. The maximum atomic E-state index is 12.8. The van der Waals surface area contributed by atoms with Gasteiger partial charge in [-0.2, -0.15) is 13.2 Å². The monoisotopic (exact) mass is 342 g/mol. The topological polar surface area (TPSA) is 26.7 Å². The number of halogens is 3. The summed E-state index contributed by atoms with van der Waals surface area (Å²) >= 11 is 0. The van der Waals surface area contributed by atoms with E-state index in [-0.39, 0.29) is 0 Å². The Balaban J connectivity index is 1.62. The quantitative estimate of drug-likeness (QED) is 0.911. The Morgan fingerprint density at radius 2 is 1.75 bits per heavy atom. The summed E-state index contributed by atoms with van der Waals surface area (Å²) in [7, 11) is 0. The van der Waals surface area contributed by atoms with Gasteiger partial charge in [-0.25, -0.2) is 0 Å². The van der Waals surface area contributed by atoms with E-state index in [1.54, 1.807) is 6.07 Å².